The molecule has 1 aromatic carbocycles. The number of benzene rings is 1. The molecule has 0 fully saturated rings. The van der Waals surface area contributed by atoms with E-state index in [1.54, 1.807) is 6.07 Å². The Balaban J connectivity index is 3.20. The normalized spacial score (nSPS) is 11.9. The Labute approximate surface area is 98.0 Å². The Morgan fingerprint density at radius 3 is 2.73 bits per heavy atom. The molecule has 0 bridgehead atoms. The second-order valence-corrected chi connectivity index (χ2v) is 3.71. The number of ether oxygens (including phenoxy) is 1. The van der Waals surface area contributed by atoms with E-state index in [1.807, 2.05) is 0 Å². The predicted octanol–water partition coefficient (Wildman–Crippen LogP) is 2.95. The largest absolute Gasteiger partial charge is 0.495 e. The van der Waals surface area contributed by atoms with Gasteiger partial charge in [0.2, 0.25) is 6.54 Å². The SMILES string of the molecule is [C-]#[N+]CC(O)c1cc(Cl)cc(Cl)c1OC. The Hall–Kier alpha value is -0.950. The maximum absolute atomic E-state index is 9.67. The number of methoxy groups -OCH3 is 1. The van der Waals surface area contributed by atoms with E-state index >= 15 is 0 Å². The van der Waals surface area contributed by atoms with Crippen LogP contribution >= 0.6 is 23.2 Å². The van der Waals surface area contributed by atoms with Gasteiger partial charge in [0.15, 0.2) is 6.10 Å². The van der Waals surface area contributed by atoms with Crippen LogP contribution in [0.15, 0.2) is 12.1 Å². The summed E-state index contributed by atoms with van der Waals surface area (Å²) in [6.07, 6.45) is -0.936. The van der Waals surface area contributed by atoms with Crippen molar-refractivity contribution in [2.75, 3.05) is 13.7 Å². The number of nitrogens with zero attached hydrogens (tertiary/aromatic N) is 1. The van der Waals surface area contributed by atoms with Crippen molar-refractivity contribution < 1.29 is 9.84 Å². The molecule has 1 rings (SSSR count). The summed E-state index contributed by atoms with van der Waals surface area (Å²) < 4.78 is 5.05. The van der Waals surface area contributed by atoms with E-state index in [0.717, 1.165) is 0 Å². The molecule has 0 heterocycles. The number of halogens is 2. The van der Waals surface area contributed by atoms with Crippen LogP contribution in [-0.4, -0.2) is 18.8 Å². The Morgan fingerprint density at radius 2 is 2.20 bits per heavy atom. The van der Waals surface area contributed by atoms with Crippen LogP contribution in [0.4, 0.5) is 0 Å². The van der Waals surface area contributed by atoms with Crippen molar-refractivity contribution in [1.29, 1.82) is 0 Å². The highest BCUT2D eigenvalue weighted by Crippen LogP contribution is 2.35. The van der Waals surface area contributed by atoms with Gasteiger partial charge >= 0.3 is 0 Å². The summed E-state index contributed by atoms with van der Waals surface area (Å²) >= 11 is 11.7. The van der Waals surface area contributed by atoms with Gasteiger partial charge < -0.3 is 14.7 Å². The van der Waals surface area contributed by atoms with Gasteiger partial charge in [-0.25, -0.2) is 6.57 Å². The Bertz CT molecular complexity index is 401. The van der Waals surface area contributed by atoms with Gasteiger partial charge in [0.1, 0.15) is 5.75 Å². The van der Waals surface area contributed by atoms with Crippen LogP contribution in [0.2, 0.25) is 10.0 Å². The highest BCUT2D eigenvalue weighted by atomic mass is 35.5. The first-order chi connectivity index (χ1) is 7.10. The quantitative estimate of drug-likeness (QED) is 0.832. The fraction of sp³-hybridized carbons (Fsp3) is 0.300. The third-order valence-electron chi connectivity index (χ3n) is 1.86. The summed E-state index contributed by atoms with van der Waals surface area (Å²) in [5, 5.41) is 10.4. The van der Waals surface area contributed by atoms with Crippen LogP contribution in [0.25, 0.3) is 4.85 Å². The first-order valence-electron chi connectivity index (χ1n) is 4.14. The van der Waals surface area contributed by atoms with Crippen molar-refractivity contribution >= 4 is 23.2 Å². The molecule has 0 aliphatic carbocycles. The van der Waals surface area contributed by atoms with E-state index in [9.17, 15) is 5.11 Å². The fourth-order valence-corrected chi connectivity index (χ4v) is 1.81. The molecule has 0 spiro atoms. The third-order valence-corrected chi connectivity index (χ3v) is 2.36. The van der Waals surface area contributed by atoms with Crippen molar-refractivity contribution in [1.82, 2.24) is 0 Å². The zero-order chi connectivity index (χ0) is 11.4. The molecule has 15 heavy (non-hydrogen) atoms. The van der Waals surface area contributed by atoms with E-state index in [1.165, 1.54) is 13.2 Å². The topological polar surface area (TPSA) is 33.8 Å². The van der Waals surface area contributed by atoms with Gasteiger partial charge in [-0.05, 0) is 12.1 Å². The van der Waals surface area contributed by atoms with Crippen molar-refractivity contribution in [3.63, 3.8) is 0 Å². The molecule has 0 saturated carbocycles. The summed E-state index contributed by atoms with van der Waals surface area (Å²) in [5.74, 6) is 0.359. The van der Waals surface area contributed by atoms with Crippen LogP contribution in [-0.2, 0) is 0 Å². The van der Waals surface area contributed by atoms with Crippen LogP contribution in [0, 0.1) is 6.57 Å². The molecule has 80 valence electrons. The van der Waals surface area contributed by atoms with E-state index in [4.69, 9.17) is 34.5 Å². The van der Waals surface area contributed by atoms with E-state index in [2.05, 4.69) is 4.85 Å². The molecule has 0 radical (unpaired) electrons. The van der Waals surface area contributed by atoms with Crippen molar-refractivity contribution in [2.45, 2.75) is 6.10 Å². The fourth-order valence-electron chi connectivity index (χ4n) is 1.23. The maximum Gasteiger partial charge on any atom is 0.244 e. The number of aliphatic hydroxyl groups is 1. The van der Waals surface area contributed by atoms with Gasteiger partial charge in [-0.15, -0.1) is 0 Å². The van der Waals surface area contributed by atoms with Crippen LogP contribution in [0.5, 0.6) is 5.75 Å². The summed E-state index contributed by atoms with van der Waals surface area (Å²) in [5.41, 5.74) is 0.436. The molecule has 0 aliphatic heterocycles. The molecule has 0 aromatic heterocycles. The van der Waals surface area contributed by atoms with Crippen molar-refractivity contribution in [2.24, 2.45) is 0 Å². The highest BCUT2D eigenvalue weighted by Gasteiger charge is 2.19. The lowest BCUT2D eigenvalue weighted by Crippen LogP contribution is -2.03. The smallest absolute Gasteiger partial charge is 0.244 e. The lowest BCUT2D eigenvalue weighted by molar-refractivity contribution is 0.190. The van der Waals surface area contributed by atoms with Gasteiger partial charge in [-0.2, -0.15) is 0 Å². The lowest BCUT2D eigenvalue weighted by Gasteiger charge is -2.12. The molecule has 1 N–H and O–H groups in total. The summed E-state index contributed by atoms with van der Waals surface area (Å²) in [6.45, 7) is 6.63. The average molecular weight is 246 g/mol. The molecule has 1 atom stereocenters. The molecular formula is C10H9Cl2NO2. The average Bonchev–Trinajstić information content (AvgIpc) is 2.17. The number of hydrogen-bond donors (Lipinski definition) is 1. The van der Waals surface area contributed by atoms with Crippen LogP contribution in [0.1, 0.15) is 11.7 Å². The predicted molar refractivity (Wildman–Crippen MR) is 59.4 cm³/mol. The number of hydrogen-bond acceptors (Lipinski definition) is 2. The van der Waals surface area contributed by atoms with E-state index in [0.29, 0.717) is 21.4 Å². The number of aliphatic hydroxyl groups excluding tert-OH is 1. The zero-order valence-corrected chi connectivity index (χ0v) is 9.51. The Morgan fingerprint density at radius 1 is 1.53 bits per heavy atom. The molecule has 0 saturated heterocycles. The van der Waals surface area contributed by atoms with Gasteiger partial charge in [-0.3, -0.25) is 0 Å². The van der Waals surface area contributed by atoms with Crippen molar-refractivity contribution in [3.8, 4) is 5.75 Å². The van der Waals surface area contributed by atoms with E-state index < -0.39 is 6.10 Å². The summed E-state index contributed by atoms with van der Waals surface area (Å²) in [4.78, 5) is 3.11. The van der Waals surface area contributed by atoms with Gasteiger partial charge in [-0.1, -0.05) is 23.2 Å². The first kappa shape index (κ1) is 12.1. The molecule has 0 amide bonds. The molecule has 3 nitrogen and oxygen atoms in total. The minimum atomic E-state index is -0.936. The monoisotopic (exact) mass is 245 g/mol. The Kier molecular flexibility index (Phi) is 4.22. The third kappa shape index (κ3) is 2.75. The van der Waals surface area contributed by atoms with E-state index in [-0.39, 0.29) is 6.54 Å². The zero-order valence-electron chi connectivity index (χ0n) is 8.00. The molecule has 5 heteroatoms. The van der Waals surface area contributed by atoms with Crippen LogP contribution in [0.3, 0.4) is 0 Å². The van der Waals surface area contributed by atoms with Gasteiger partial charge in [0.25, 0.3) is 0 Å². The maximum atomic E-state index is 9.67. The van der Waals surface area contributed by atoms with Gasteiger partial charge in [0.05, 0.1) is 12.1 Å². The summed E-state index contributed by atoms with van der Waals surface area (Å²) in [6, 6.07) is 3.07. The van der Waals surface area contributed by atoms with Gasteiger partial charge in [0, 0.05) is 10.6 Å². The minimum Gasteiger partial charge on any atom is -0.495 e. The van der Waals surface area contributed by atoms with Crippen LogP contribution < -0.4 is 4.74 Å². The summed E-state index contributed by atoms with van der Waals surface area (Å²) in [7, 11) is 1.45. The highest BCUT2D eigenvalue weighted by molar-refractivity contribution is 6.35. The standard InChI is InChI=1S/C10H9Cl2NO2/c1-13-5-9(14)7-3-6(11)4-8(12)10(7)15-2/h3-4,9,14H,5H2,2H3. The molecular weight excluding hydrogens is 237 g/mol. The minimum absolute atomic E-state index is 0.0486. The first-order valence-corrected chi connectivity index (χ1v) is 4.90. The molecule has 1 unspecified atom stereocenters. The second kappa shape index (κ2) is 5.22. The second-order valence-electron chi connectivity index (χ2n) is 2.87. The molecule has 0 aliphatic rings. The molecule has 1 aromatic rings. The van der Waals surface area contributed by atoms with Crippen molar-refractivity contribution in [3.05, 3.63) is 39.2 Å². The number of rotatable bonds is 3. The lowest BCUT2D eigenvalue weighted by atomic mass is 10.1.